The summed E-state index contributed by atoms with van der Waals surface area (Å²) < 4.78 is 7.11. The molecular weight excluding hydrogens is 713 g/mol. The zero-order chi connectivity index (χ0) is 37.2. The molecule has 0 atom stereocenters. The Balaban J connectivity index is 1.20. The molecule has 0 aliphatic carbocycles. The van der Waals surface area contributed by atoms with Crippen LogP contribution in [-0.4, -0.2) is 19.1 Å². The minimum atomic E-state index is 0.665. The summed E-state index contributed by atoms with van der Waals surface area (Å²) in [6.07, 6.45) is 0. The van der Waals surface area contributed by atoms with Gasteiger partial charge in [-0.3, -0.25) is 4.57 Å². The Morgan fingerprint density at radius 2 is 1.04 bits per heavy atom. The maximum absolute atomic E-state index is 5.59. The van der Waals surface area contributed by atoms with Gasteiger partial charge in [-0.25, -0.2) is 9.97 Å². The highest BCUT2D eigenvalue weighted by atomic mass is 32.1. The summed E-state index contributed by atoms with van der Waals surface area (Å²) in [4.78, 5) is 11.1. The largest absolute Gasteiger partial charge is 0.308 e. The lowest BCUT2D eigenvalue weighted by molar-refractivity contribution is 1.02. The van der Waals surface area contributed by atoms with E-state index < -0.39 is 0 Å². The van der Waals surface area contributed by atoms with E-state index in [1.54, 1.807) is 11.3 Å². The fourth-order valence-corrected chi connectivity index (χ4v) is 10.6. The Hall–Kier alpha value is -7.34. The lowest BCUT2D eigenvalue weighted by Crippen LogP contribution is -2.03. The monoisotopic (exact) mass is 742 g/mol. The number of thiophene rings is 1. The fourth-order valence-electron chi connectivity index (χ4n) is 9.49. The van der Waals surface area contributed by atoms with Gasteiger partial charge in [0.25, 0.3) is 0 Å². The van der Waals surface area contributed by atoms with Crippen molar-refractivity contribution in [2.24, 2.45) is 0 Å². The molecule has 0 N–H and O–H groups in total. The summed E-state index contributed by atoms with van der Waals surface area (Å²) in [5.41, 5.74) is 8.71. The van der Waals surface area contributed by atoms with Gasteiger partial charge in [0, 0.05) is 42.6 Å². The van der Waals surface area contributed by atoms with Crippen molar-refractivity contribution >= 4 is 108 Å². The van der Waals surface area contributed by atoms with E-state index in [2.05, 4.69) is 191 Å². The van der Waals surface area contributed by atoms with Crippen LogP contribution in [0.4, 0.5) is 0 Å². The number of para-hydroxylation sites is 2. The molecule has 0 fully saturated rings. The lowest BCUT2D eigenvalue weighted by atomic mass is 10.00. The number of aromatic nitrogens is 4. The van der Waals surface area contributed by atoms with Crippen molar-refractivity contribution < 1.29 is 0 Å². The van der Waals surface area contributed by atoms with Crippen LogP contribution in [0.15, 0.2) is 182 Å². The molecule has 0 spiro atoms. The van der Waals surface area contributed by atoms with Gasteiger partial charge < -0.3 is 4.57 Å². The second-order valence-corrected chi connectivity index (χ2v) is 16.0. The molecule has 0 aliphatic heterocycles. The van der Waals surface area contributed by atoms with Crippen LogP contribution >= 0.6 is 11.3 Å². The van der Waals surface area contributed by atoms with Gasteiger partial charge in [-0.15, -0.1) is 11.3 Å². The van der Waals surface area contributed by atoms with Gasteiger partial charge in [0.2, 0.25) is 5.95 Å². The van der Waals surface area contributed by atoms with Crippen molar-refractivity contribution in [2.45, 2.75) is 0 Å². The number of nitrogens with zero attached hydrogens (tertiary/aromatic N) is 4. The number of fused-ring (bicyclic) bond motifs is 14. The summed E-state index contributed by atoms with van der Waals surface area (Å²) in [7, 11) is 0. The van der Waals surface area contributed by atoms with Crippen molar-refractivity contribution in [1.82, 2.24) is 19.1 Å². The first-order valence-corrected chi connectivity index (χ1v) is 20.2. The van der Waals surface area contributed by atoms with Crippen LogP contribution < -0.4 is 0 Å². The molecule has 0 radical (unpaired) electrons. The molecule has 0 unspecified atom stereocenters. The van der Waals surface area contributed by atoms with Gasteiger partial charge in [-0.05, 0) is 57.3 Å². The third-order valence-corrected chi connectivity index (χ3v) is 13.1. The van der Waals surface area contributed by atoms with Gasteiger partial charge in [0.05, 0.1) is 43.7 Å². The van der Waals surface area contributed by atoms with E-state index in [-0.39, 0.29) is 0 Å². The van der Waals surface area contributed by atoms with Crippen LogP contribution in [0.25, 0.3) is 119 Å². The average Bonchev–Trinajstić information content (AvgIpc) is 3.93. The highest BCUT2D eigenvalue weighted by Crippen LogP contribution is 2.45. The number of rotatable bonds is 3. The first kappa shape index (κ1) is 30.9. The first-order valence-electron chi connectivity index (χ1n) is 19.3. The third-order valence-electron chi connectivity index (χ3n) is 11.9. The molecule has 9 aromatic carbocycles. The topological polar surface area (TPSA) is 35.6 Å². The minimum absolute atomic E-state index is 0.665. The van der Waals surface area contributed by atoms with E-state index in [1.807, 2.05) is 0 Å². The van der Waals surface area contributed by atoms with E-state index in [4.69, 9.17) is 9.97 Å². The van der Waals surface area contributed by atoms with Gasteiger partial charge in [0.1, 0.15) is 0 Å². The molecule has 4 aromatic heterocycles. The van der Waals surface area contributed by atoms with Gasteiger partial charge >= 0.3 is 0 Å². The molecule has 264 valence electrons. The first-order chi connectivity index (χ1) is 28.3. The molecular formula is C52H30N4S. The lowest BCUT2D eigenvalue weighted by Gasteiger charge is -2.15. The number of hydrogen-bond donors (Lipinski definition) is 0. The van der Waals surface area contributed by atoms with E-state index in [9.17, 15) is 0 Å². The minimum Gasteiger partial charge on any atom is -0.308 e. The van der Waals surface area contributed by atoms with Crippen LogP contribution in [0, 0.1) is 0 Å². The van der Waals surface area contributed by atoms with Gasteiger partial charge in [-0.2, -0.15) is 0 Å². The van der Waals surface area contributed by atoms with Crippen molar-refractivity contribution in [3.05, 3.63) is 182 Å². The van der Waals surface area contributed by atoms with Gasteiger partial charge in [0.15, 0.2) is 0 Å². The quantitative estimate of drug-likeness (QED) is 0.169. The van der Waals surface area contributed by atoms with Crippen LogP contribution in [0.2, 0.25) is 0 Å². The van der Waals surface area contributed by atoms with Crippen LogP contribution in [0.3, 0.4) is 0 Å². The standard InChI is InChI=1S/C52H30N4S/c1-3-17-33-31(14-1)16-13-24-38(33)48-51-49(41-23-9-12-27-46(41)57-51)54-52(53-48)56-43-26-11-8-22-40(43)47-44(56)29-28-39-37-21-7-10-25-42(37)55(50(39)47)45-30-32-15-2-4-18-34(32)35-19-5-6-20-36(35)45/h1-30H. The maximum atomic E-state index is 5.59. The molecule has 0 aliphatic rings. The van der Waals surface area contributed by atoms with E-state index in [0.29, 0.717) is 5.95 Å². The van der Waals surface area contributed by atoms with Crippen LogP contribution in [0.1, 0.15) is 0 Å². The third kappa shape index (κ3) is 4.26. The number of benzene rings is 9. The highest BCUT2D eigenvalue weighted by Gasteiger charge is 2.25. The summed E-state index contributed by atoms with van der Waals surface area (Å²) in [6.45, 7) is 0. The molecule has 5 heteroatoms. The summed E-state index contributed by atoms with van der Waals surface area (Å²) in [5, 5.41) is 13.3. The number of hydrogen-bond acceptors (Lipinski definition) is 3. The predicted octanol–water partition coefficient (Wildman–Crippen LogP) is 14.2. The highest BCUT2D eigenvalue weighted by molar-refractivity contribution is 7.26. The predicted molar refractivity (Wildman–Crippen MR) is 242 cm³/mol. The smallest absolute Gasteiger partial charge is 0.235 e. The summed E-state index contributed by atoms with van der Waals surface area (Å²) in [5.74, 6) is 0.665. The Morgan fingerprint density at radius 3 is 1.88 bits per heavy atom. The molecule has 4 heterocycles. The van der Waals surface area contributed by atoms with E-state index in [1.165, 1.54) is 69.9 Å². The summed E-state index contributed by atoms with van der Waals surface area (Å²) >= 11 is 1.77. The molecule has 0 saturated carbocycles. The van der Waals surface area contributed by atoms with Crippen molar-refractivity contribution in [3.63, 3.8) is 0 Å². The zero-order valence-electron chi connectivity index (χ0n) is 30.5. The Kier molecular flexibility index (Phi) is 6.29. The molecule has 4 nitrogen and oxygen atoms in total. The second kappa shape index (κ2) is 11.6. The van der Waals surface area contributed by atoms with Crippen LogP contribution in [0.5, 0.6) is 0 Å². The Labute approximate surface area is 330 Å². The molecule has 0 bridgehead atoms. The van der Waals surface area contributed by atoms with Crippen molar-refractivity contribution in [1.29, 1.82) is 0 Å². The average molecular weight is 743 g/mol. The van der Waals surface area contributed by atoms with Crippen molar-refractivity contribution in [2.75, 3.05) is 0 Å². The Morgan fingerprint density at radius 1 is 0.404 bits per heavy atom. The second-order valence-electron chi connectivity index (χ2n) is 14.9. The molecule has 13 aromatic rings. The van der Waals surface area contributed by atoms with E-state index in [0.717, 1.165) is 43.3 Å². The van der Waals surface area contributed by atoms with Crippen LogP contribution in [-0.2, 0) is 0 Å². The van der Waals surface area contributed by atoms with Gasteiger partial charge in [-0.1, -0.05) is 152 Å². The SMILES string of the molecule is c1ccc2c(-c3nc(-n4c5ccccc5c5c4ccc4c6ccccc6n(-c6cc7ccccc7c7ccccc67)c45)nc4c3sc3ccccc34)cccc2c1. The molecule has 13 rings (SSSR count). The molecule has 57 heavy (non-hydrogen) atoms. The fraction of sp³-hybridized carbons (Fsp3) is 0. The maximum Gasteiger partial charge on any atom is 0.235 e. The molecule has 0 saturated heterocycles. The molecule has 0 amide bonds. The van der Waals surface area contributed by atoms with E-state index >= 15 is 0 Å². The Bertz CT molecular complexity index is 3820. The normalized spacial score (nSPS) is 12.2. The summed E-state index contributed by atoms with van der Waals surface area (Å²) in [6, 6.07) is 65.9. The zero-order valence-corrected chi connectivity index (χ0v) is 31.3. The van der Waals surface area contributed by atoms with Crippen molar-refractivity contribution in [3.8, 4) is 22.9 Å².